The number of hydrogen-bond acceptors (Lipinski definition) is 1. The molecule has 0 aromatic heterocycles. The Bertz CT molecular complexity index is 470. The molecule has 2 aromatic carbocycles. The molecule has 0 heterocycles. The fourth-order valence-electron chi connectivity index (χ4n) is 1.73. The van der Waals surface area contributed by atoms with E-state index in [0.717, 1.165) is 11.1 Å². The summed E-state index contributed by atoms with van der Waals surface area (Å²) in [6.07, 6.45) is 0. The minimum absolute atomic E-state index is 0.0494. The van der Waals surface area contributed by atoms with Gasteiger partial charge < -0.3 is 5.32 Å². The van der Waals surface area contributed by atoms with E-state index in [2.05, 4.69) is 5.32 Å². The van der Waals surface area contributed by atoms with Crippen LogP contribution < -0.4 is 5.32 Å². The second-order valence-corrected chi connectivity index (χ2v) is 4.66. The number of benzene rings is 2. The molecule has 0 aliphatic heterocycles. The van der Waals surface area contributed by atoms with Crippen LogP contribution in [0.1, 0.15) is 16.5 Å². The highest BCUT2D eigenvalue weighted by Crippen LogP contribution is 2.18. The summed E-state index contributed by atoms with van der Waals surface area (Å²) in [4.78, 5) is 0. The first-order chi connectivity index (χ1) is 8.75. The lowest BCUT2D eigenvalue weighted by Gasteiger charge is -2.11. The Morgan fingerprint density at radius 3 is 2.33 bits per heavy atom. The highest BCUT2D eigenvalue weighted by atomic mass is 35.5. The van der Waals surface area contributed by atoms with Crippen molar-refractivity contribution in [3.8, 4) is 0 Å². The molecule has 0 bridgehead atoms. The lowest BCUT2D eigenvalue weighted by atomic mass is 10.1. The molecule has 3 heteroatoms. The van der Waals surface area contributed by atoms with Gasteiger partial charge in [0.15, 0.2) is 0 Å². The molecule has 0 aliphatic rings. The number of alkyl halides is 1. The molecule has 0 aliphatic carbocycles. The molecular formula is C15H15ClFN. The Kier molecular flexibility index (Phi) is 4.73. The van der Waals surface area contributed by atoms with E-state index >= 15 is 0 Å². The average molecular weight is 264 g/mol. The first-order valence-electron chi connectivity index (χ1n) is 5.90. The standard InChI is InChI=1S/C15H15ClFN/c16-15(13-4-2-1-3-5-13)11-18-10-12-6-8-14(17)9-7-12/h1-9,15,18H,10-11H2. The van der Waals surface area contributed by atoms with Crippen molar-refractivity contribution in [1.82, 2.24) is 5.32 Å². The van der Waals surface area contributed by atoms with Gasteiger partial charge in [0.1, 0.15) is 5.82 Å². The summed E-state index contributed by atoms with van der Waals surface area (Å²) < 4.78 is 12.7. The van der Waals surface area contributed by atoms with Crippen LogP contribution in [0.25, 0.3) is 0 Å². The molecule has 94 valence electrons. The molecule has 2 aromatic rings. The Labute approximate surface area is 112 Å². The topological polar surface area (TPSA) is 12.0 Å². The minimum Gasteiger partial charge on any atom is -0.311 e. The Morgan fingerprint density at radius 1 is 1.00 bits per heavy atom. The predicted octanol–water partition coefficient (Wildman–Crippen LogP) is 3.90. The van der Waals surface area contributed by atoms with Crippen molar-refractivity contribution in [2.75, 3.05) is 6.54 Å². The van der Waals surface area contributed by atoms with Gasteiger partial charge in [0.05, 0.1) is 5.38 Å². The third-order valence-electron chi connectivity index (χ3n) is 2.73. The fourth-order valence-corrected chi connectivity index (χ4v) is 1.98. The summed E-state index contributed by atoms with van der Waals surface area (Å²) in [6.45, 7) is 1.37. The van der Waals surface area contributed by atoms with Crippen LogP contribution in [0.4, 0.5) is 4.39 Å². The zero-order chi connectivity index (χ0) is 12.8. The highest BCUT2D eigenvalue weighted by Gasteiger charge is 2.06. The highest BCUT2D eigenvalue weighted by molar-refractivity contribution is 6.21. The van der Waals surface area contributed by atoms with Gasteiger partial charge in [0, 0.05) is 13.1 Å². The largest absolute Gasteiger partial charge is 0.311 e. The summed E-state index contributed by atoms with van der Waals surface area (Å²) in [7, 11) is 0. The van der Waals surface area contributed by atoms with Gasteiger partial charge in [-0.1, -0.05) is 42.5 Å². The van der Waals surface area contributed by atoms with Crippen LogP contribution in [0.5, 0.6) is 0 Å². The number of rotatable bonds is 5. The van der Waals surface area contributed by atoms with E-state index in [0.29, 0.717) is 13.1 Å². The summed E-state index contributed by atoms with van der Waals surface area (Å²) >= 11 is 6.28. The summed E-state index contributed by atoms with van der Waals surface area (Å²) in [6, 6.07) is 16.4. The van der Waals surface area contributed by atoms with Gasteiger partial charge in [-0.3, -0.25) is 0 Å². The third-order valence-corrected chi connectivity index (χ3v) is 3.13. The molecule has 0 radical (unpaired) electrons. The average Bonchev–Trinajstić information content (AvgIpc) is 2.42. The summed E-state index contributed by atoms with van der Waals surface area (Å²) in [5, 5.41) is 3.22. The monoisotopic (exact) mass is 263 g/mol. The van der Waals surface area contributed by atoms with Crippen LogP contribution in [-0.4, -0.2) is 6.54 Å². The molecule has 0 amide bonds. The van der Waals surface area contributed by atoms with E-state index < -0.39 is 0 Å². The molecular weight excluding hydrogens is 249 g/mol. The maximum absolute atomic E-state index is 12.7. The Hall–Kier alpha value is -1.38. The molecule has 0 fully saturated rings. The van der Waals surface area contributed by atoms with Crippen LogP contribution in [-0.2, 0) is 6.54 Å². The maximum Gasteiger partial charge on any atom is 0.123 e. The van der Waals surface area contributed by atoms with E-state index in [1.807, 2.05) is 30.3 Å². The molecule has 1 atom stereocenters. The number of hydrogen-bond donors (Lipinski definition) is 1. The SMILES string of the molecule is Fc1ccc(CNCC(Cl)c2ccccc2)cc1. The van der Waals surface area contributed by atoms with Crippen LogP contribution in [0.3, 0.4) is 0 Å². The normalized spacial score (nSPS) is 12.3. The van der Waals surface area contributed by atoms with Gasteiger partial charge in [-0.2, -0.15) is 0 Å². The second kappa shape index (κ2) is 6.53. The summed E-state index contributed by atoms with van der Waals surface area (Å²) in [5.41, 5.74) is 2.15. The van der Waals surface area contributed by atoms with E-state index in [1.54, 1.807) is 12.1 Å². The Morgan fingerprint density at radius 2 is 1.67 bits per heavy atom. The zero-order valence-electron chi connectivity index (χ0n) is 9.94. The van der Waals surface area contributed by atoms with Crippen molar-refractivity contribution in [3.05, 3.63) is 71.5 Å². The van der Waals surface area contributed by atoms with E-state index in [9.17, 15) is 4.39 Å². The maximum atomic E-state index is 12.7. The number of halogens is 2. The van der Waals surface area contributed by atoms with Gasteiger partial charge in [0.2, 0.25) is 0 Å². The summed E-state index contributed by atoms with van der Waals surface area (Å²) in [5.74, 6) is -0.210. The van der Waals surface area contributed by atoms with Crippen LogP contribution in [0, 0.1) is 5.82 Å². The first kappa shape index (κ1) is 13.1. The van der Waals surface area contributed by atoms with E-state index in [-0.39, 0.29) is 11.2 Å². The lowest BCUT2D eigenvalue weighted by Crippen LogP contribution is -2.18. The van der Waals surface area contributed by atoms with Crippen molar-refractivity contribution in [2.45, 2.75) is 11.9 Å². The van der Waals surface area contributed by atoms with Crippen LogP contribution in [0.2, 0.25) is 0 Å². The van der Waals surface area contributed by atoms with Crippen molar-refractivity contribution in [1.29, 1.82) is 0 Å². The molecule has 1 unspecified atom stereocenters. The molecule has 0 spiro atoms. The molecule has 0 saturated heterocycles. The van der Waals surface area contributed by atoms with Gasteiger partial charge in [-0.15, -0.1) is 11.6 Å². The predicted molar refractivity (Wildman–Crippen MR) is 73.1 cm³/mol. The zero-order valence-corrected chi connectivity index (χ0v) is 10.7. The van der Waals surface area contributed by atoms with Crippen LogP contribution >= 0.6 is 11.6 Å². The van der Waals surface area contributed by atoms with Crippen molar-refractivity contribution < 1.29 is 4.39 Å². The van der Waals surface area contributed by atoms with Gasteiger partial charge >= 0.3 is 0 Å². The Balaban J connectivity index is 1.80. The van der Waals surface area contributed by atoms with Crippen molar-refractivity contribution in [2.24, 2.45) is 0 Å². The lowest BCUT2D eigenvalue weighted by molar-refractivity contribution is 0.624. The van der Waals surface area contributed by atoms with Crippen molar-refractivity contribution in [3.63, 3.8) is 0 Å². The number of nitrogens with one attached hydrogen (secondary N) is 1. The minimum atomic E-state index is -0.210. The quantitative estimate of drug-likeness (QED) is 0.807. The van der Waals surface area contributed by atoms with E-state index in [1.165, 1.54) is 12.1 Å². The smallest absolute Gasteiger partial charge is 0.123 e. The molecule has 2 rings (SSSR count). The molecule has 1 nitrogen and oxygen atoms in total. The van der Waals surface area contributed by atoms with Gasteiger partial charge in [-0.25, -0.2) is 4.39 Å². The first-order valence-corrected chi connectivity index (χ1v) is 6.33. The van der Waals surface area contributed by atoms with E-state index in [4.69, 9.17) is 11.6 Å². The van der Waals surface area contributed by atoms with Gasteiger partial charge in [0.25, 0.3) is 0 Å². The molecule has 0 saturated carbocycles. The second-order valence-electron chi connectivity index (χ2n) is 4.14. The molecule has 18 heavy (non-hydrogen) atoms. The van der Waals surface area contributed by atoms with Crippen LogP contribution in [0.15, 0.2) is 54.6 Å². The van der Waals surface area contributed by atoms with Crippen molar-refractivity contribution >= 4 is 11.6 Å². The fraction of sp³-hybridized carbons (Fsp3) is 0.200. The third kappa shape index (κ3) is 3.83. The molecule has 1 N–H and O–H groups in total. The van der Waals surface area contributed by atoms with Gasteiger partial charge in [-0.05, 0) is 23.3 Å².